The van der Waals surface area contributed by atoms with Gasteiger partial charge in [0.05, 0.1) is 10.6 Å². The molecule has 1 N–H and O–H groups in total. The van der Waals surface area contributed by atoms with Crippen molar-refractivity contribution in [2.75, 3.05) is 0 Å². The van der Waals surface area contributed by atoms with Crippen molar-refractivity contribution in [1.82, 2.24) is 5.32 Å². The summed E-state index contributed by atoms with van der Waals surface area (Å²) >= 11 is 8.09. The van der Waals surface area contributed by atoms with Crippen molar-refractivity contribution in [3.05, 3.63) is 32.4 Å². The fourth-order valence-electron chi connectivity index (χ4n) is 1.20. The minimum atomic E-state index is -0.0532. The summed E-state index contributed by atoms with van der Waals surface area (Å²) in [5, 5.41) is 3.45. The zero-order valence-corrected chi connectivity index (χ0v) is 10.3. The Bertz CT molecular complexity index is 356. The molecule has 0 atom stereocenters. The van der Waals surface area contributed by atoms with Crippen LogP contribution >= 0.6 is 34.2 Å². The van der Waals surface area contributed by atoms with Crippen LogP contribution in [0, 0.1) is 3.57 Å². The molecule has 1 aliphatic rings. The second-order valence-electron chi connectivity index (χ2n) is 3.34. The van der Waals surface area contributed by atoms with E-state index < -0.39 is 0 Å². The Labute approximate surface area is 101 Å². The molecule has 0 saturated heterocycles. The molecule has 0 bridgehead atoms. The number of nitrogens with one attached hydrogen (secondary N) is 1. The van der Waals surface area contributed by atoms with E-state index in [9.17, 15) is 4.79 Å². The van der Waals surface area contributed by atoms with Crippen LogP contribution in [-0.2, 0) is 0 Å². The zero-order valence-electron chi connectivity index (χ0n) is 7.39. The van der Waals surface area contributed by atoms with Gasteiger partial charge in [-0.2, -0.15) is 0 Å². The van der Waals surface area contributed by atoms with E-state index in [0.717, 1.165) is 16.4 Å². The number of hydrogen-bond acceptors (Lipinski definition) is 1. The fourth-order valence-corrected chi connectivity index (χ4v) is 2.36. The number of carbonyl (C=O) groups is 1. The van der Waals surface area contributed by atoms with Gasteiger partial charge < -0.3 is 5.32 Å². The highest BCUT2D eigenvalue weighted by Crippen LogP contribution is 2.24. The third-order valence-corrected chi connectivity index (χ3v) is 3.32. The maximum atomic E-state index is 11.7. The first-order valence-electron chi connectivity index (χ1n) is 4.43. The smallest absolute Gasteiger partial charge is 0.254 e. The molecule has 0 spiro atoms. The summed E-state index contributed by atoms with van der Waals surface area (Å²) in [6.07, 6.45) is 2.18. The van der Waals surface area contributed by atoms with E-state index in [0.29, 0.717) is 16.6 Å². The van der Waals surface area contributed by atoms with E-state index in [1.165, 1.54) is 0 Å². The van der Waals surface area contributed by atoms with E-state index in [1.807, 2.05) is 12.1 Å². The van der Waals surface area contributed by atoms with Gasteiger partial charge in [-0.05, 0) is 47.6 Å². The molecule has 74 valence electrons. The monoisotopic (exact) mass is 321 g/mol. The van der Waals surface area contributed by atoms with Gasteiger partial charge in [-0.25, -0.2) is 0 Å². The topological polar surface area (TPSA) is 29.1 Å². The number of halogens is 2. The minimum absolute atomic E-state index is 0.0532. The summed E-state index contributed by atoms with van der Waals surface area (Å²) < 4.78 is 0.897. The van der Waals surface area contributed by atoms with Crippen molar-refractivity contribution in [3.63, 3.8) is 0 Å². The second-order valence-corrected chi connectivity index (χ2v) is 4.91. The van der Waals surface area contributed by atoms with Gasteiger partial charge in [0.2, 0.25) is 0 Å². The van der Waals surface area contributed by atoms with Gasteiger partial charge in [0.25, 0.3) is 5.91 Å². The lowest BCUT2D eigenvalue weighted by atomic mass is 10.2. The van der Waals surface area contributed by atoms with Crippen LogP contribution < -0.4 is 5.32 Å². The lowest BCUT2D eigenvalue weighted by Crippen LogP contribution is -2.26. The minimum Gasteiger partial charge on any atom is -0.349 e. The molecule has 4 heteroatoms. The Morgan fingerprint density at radius 3 is 2.79 bits per heavy atom. The van der Waals surface area contributed by atoms with E-state index in [4.69, 9.17) is 11.6 Å². The van der Waals surface area contributed by atoms with Crippen molar-refractivity contribution in [2.24, 2.45) is 0 Å². The van der Waals surface area contributed by atoms with Crippen molar-refractivity contribution in [1.29, 1.82) is 0 Å². The molecule has 14 heavy (non-hydrogen) atoms. The molecule has 0 unspecified atom stereocenters. The Balaban J connectivity index is 2.24. The van der Waals surface area contributed by atoms with Crippen LogP contribution in [0.15, 0.2) is 18.2 Å². The van der Waals surface area contributed by atoms with Crippen LogP contribution in [-0.4, -0.2) is 11.9 Å². The summed E-state index contributed by atoms with van der Waals surface area (Å²) in [7, 11) is 0. The van der Waals surface area contributed by atoms with Crippen molar-refractivity contribution < 1.29 is 4.79 Å². The largest absolute Gasteiger partial charge is 0.349 e. The Hall–Kier alpha value is -0.290. The van der Waals surface area contributed by atoms with E-state index in [1.54, 1.807) is 6.07 Å². The predicted octanol–water partition coefficient (Wildman–Crippen LogP) is 2.84. The lowest BCUT2D eigenvalue weighted by molar-refractivity contribution is 0.0950. The third-order valence-electron chi connectivity index (χ3n) is 2.10. The predicted molar refractivity (Wildman–Crippen MR) is 64.7 cm³/mol. The number of benzene rings is 1. The molecule has 1 aromatic carbocycles. The maximum absolute atomic E-state index is 11.7. The third kappa shape index (κ3) is 2.20. The Kier molecular flexibility index (Phi) is 2.97. The van der Waals surface area contributed by atoms with Gasteiger partial charge in [-0.3, -0.25) is 4.79 Å². The molecule has 2 nitrogen and oxygen atoms in total. The fraction of sp³-hybridized carbons (Fsp3) is 0.300. The summed E-state index contributed by atoms with van der Waals surface area (Å²) in [5.41, 5.74) is 0.599. The molecular weight excluding hydrogens is 312 g/mol. The highest BCUT2D eigenvalue weighted by molar-refractivity contribution is 14.1. The molecule has 1 aromatic rings. The first-order valence-corrected chi connectivity index (χ1v) is 5.89. The Morgan fingerprint density at radius 2 is 2.21 bits per heavy atom. The molecular formula is C10H9ClINO. The van der Waals surface area contributed by atoms with Crippen LogP contribution in [0.3, 0.4) is 0 Å². The van der Waals surface area contributed by atoms with Crippen LogP contribution in [0.2, 0.25) is 5.02 Å². The molecule has 2 rings (SSSR count). The van der Waals surface area contributed by atoms with Gasteiger partial charge in [0.1, 0.15) is 0 Å². The number of carbonyl (C=O) groups excluding carboxylic acids is 1. The van der Waals surface area contributed by atoms with Crippen LogP contribution in [0.4, 0.5) is 0 Å². The van der Waals surface area contributed by atoms with Gasteiger partial charge in [-0.15, -0.1) is 0 Å². The van der Waals surface area contributed by atoms with Gasteiger partial charge >= 0.3 is 0 Å². The van der Waals surface area contributed by atoms with E-state index in [-0.39, 0.29) is 5.91 Å². The number of rotatable bonds is 2. The maximum Gasteiger partial charge on any atom is 0.254 e. The molecule has 0 aromatic heterocycles. The average Bonchev–Trinajstić information content (AvgIpc) is 2.87. The standard InChI is InChI=1S/C10H9ClINO/c11-7-2-1-3-8(12)9(7)10(14)13-6-4-5-6/h1-3,6H,4-5H2,(H,13,14). The molecule has 0 aliphatic heterocycles. The molecule has 0 heterocycles. The van der Waals surface area contributed by atoms with Gasteiger partial charge in [0, 0.05) is 9.61 Å². The molecule has 0 radical (unpaired) electrons. The quantitative estimate of drug-likeness (QED) is 0.834. The molecule has 1 amide bonds. The average molecular weight is 322 g/mol. The zero-order chi connectivity index (χ0) is 10.1. The highest BCUT2D eigenvalue weighted by Gasteiger charge is 2.25. The van der Waals surface area contributed by atoms with Gasteiger partial charge in [-0.1, -0.05) is 17.7 Å². The summed E-state index contributed by atoms with van der Waals surface area (Å²) in [6, 6.07) is 5.84. The summed E-state index contributed by atoms with van der Waals surface area (Å²) in [4.78, 5) is 11.7. The molecule has 1 saturated carbocycles. The van der Waals surface area contributed by atoms with Crippen molar-refractivity contribution >= 4 is 40.1 Å². The van der Waals surface area contributed by atoms with Crippen molar-refractivity contribution in [3.8, 4) is 0 Å². The Morgan fingerprint density at radius 1 is 1.50 bits per heavy atom. The molecule has 1 fully saturated rings. The number of amides is 1. The van der Waals surface area contributed by atoms with Crippen LogP contribution in [0.5, 0.6) is 0 Å². The van der Waals surface area contributed by atoms with Gasteiger partial charge in [0.15, 0.2) is 0 Å². The normalized spacial score (nSPS) is 15.3. The van der Waals surface area contributed by atoms with Crippen LogP contribution in [0.1, 0.15) is 23.2 Å². The highest BCUT2D eigenvalue weighted by atomic mass is 127. The first kappa shape index (κ1) is 10.2. The first-order chi connectivity index (χ1) is 6.68. The molecule has 1 aliphatic carbocycles. The second kappa shape index (κ2) is 4.06. The van der Waals surface area contributed by atoms with E-state index >= 15 is 0 Å². The van der Waals surface area contributed by atoms with E-state index in [2.05, 4.69) is 27.9 Å². The lowest BCUT2D eigenvalue weighted by Gasteiger charge is -2.06. The van der Waals surface area contributed by atoms with Crippen molar-refractivity contribution in [2.45, 2.75) is 18.9 Å². The summed E-state index contributed by atoms with van der Waals surface area (Å²) in [6.45, 7) is 0. The number of hydrogen-bond donors (Lipinski definition) is 1. The summed E-state index contributed by atoms with van der Waals surface area (Å²) in [5.74, 6) is -0.0532. The van der Waals surface area contributed by atoms with Crippen LogP contribution in [0.25, 0.3) is 0 Å². The SMILES string of the molecule is O=C(NC1CC1)c1c(Cl)cccc1I.